The Morgan fingerprint density at radius 3 is 2.39 bits per heavy atom. The number of amides is 1. The molecule has 0 saturated carbocycles. The van der Waals surface area contributed by atoms with Crippen molar-refractivity contribution in [3.63, 3.8) is 0 Å². The molecule has 5 heteroatoms. The molecular weight excluding hydrogens is 250 g/mol. The summed E-state index contributed by atoms with van der Waals surface area (Å²) in [5, 5.41) is 4.33. The lowest BCUT2D eigenvalue weighted by atomic mass is 10.1. The van der Waals surface area contributed by atoms with Crippen molar-refractivity contribution in [2.45, 2.75) is 34.1 Å². The zero-order valence-electron chi connectivity index (χ0n) is 12.2. The molecular formula is C13H24ClN3O. The van der Waals surface area contributed by atoms with Crippen molar-refractivity contribution in [1.82, 2.24) is 14.7 Å². The molecule has 0 N–H and O–H groups in total. The van der Waals surface area contributed by atoms with Gasteiger partial charge < -0.3 is 4.90 Å². The second-order valence-corrected chi connectivity index (χ2v) is 4.19. The average Bonchev–Trinajstić information content (AvgIpc) is 2.66. The summed E-state index contributed by atoms with van der Waals surface area (Å²) in [6.45, 7) is 8.52. The quantitative estimate of drug-likeness (QED) is 0.791. The Kier molecular flexibility index (Phi) is 7.67. The normalized spacial score (nSPS) is 9.72. The van der Waals surface area contributed by atoms with E-state index in [0.29, 0.717) is 18.1 Å². The van der Waals surface area contributed by atoms with Crippen molar-refractivity contribution >= 4 is 17.5 Å². The van der Waals surface area contributed by atoms with E-state index < -0.39 is 0 Å². The molecule has 0 bridgehead atoms. The minimum Gasteiger partial charge on any atom is -0.339 e. The summed E-state index contributed by atoms with van der Waals surface area (Å²) >= 11 is 5.62. The van der Waals surface area contributed by atoms with Crippen LogP contribution in [0, 0.1) is 6.92 Å². The fourth-order valence-corrected chi connectivity index (χ4v) is 1.98. The number of rotatable bonds is 4. The molecule has 0 fully saturated rings. The molecule has 4 nitrogen and oxygen atoms in total. The topological polar surface area (TPSA) is 38.1 Å². The Morgan fingerprint density at radius 1 is 1.44 bits per heavy atom. The van der Waals surface area contributed by atoms with Crippen molar-refractivity contribution in [2.24, 2.45) is 7.05 Å². The SMILES string of the molecule is CC.CCc1nn(C)c(C(=O)N(C)CCCl)c1C. The van der Waals surface area contributed by atoms with Crippen LogP contribution in [0.25, 0.3) is 0 Å². The number of aromatic nitrogens is 2. The van der Waals surface area contributed by atoms with Crippen molar-refractivity contribution in [2.75, 3.05) is 19.5 Å². The molecule has 0 aromatic carbocycles. The maximum absolute atomic E-state index is 12.1. The summed E-state index contributed by atoms with van der Waals surface area (Å²) < 4.78 is 1.65. The third-order valence-corrected chi connectivity index (χ3v) is 2.86. The highest BCUT2D eigenvalue weighted by molar-refractivity contribution is 6.18. The second kappa shape index (κ2) is 8.14. The van der Waals surface area contributed by atoms with E-state index in [0.717, 1.165) is 17.7 Å². The fourth-order valence-electron chi connectivity index (χ4n) is 1.73. The van der Waals surface area contributed by atoms with Gasteiger partial charge in [-0.1, -0.05) is 20.8 Å². The van der Waals surface area contributed by atoms with Gasteiger partial charge in [0.05, 0.1) is 5.69 Å². The van der Waals surface area contributed by atoms with Gasteiger partial charge in [0, 0.05) is 32.1 Å². The maximum Gasteiger partial charge on any atom is 0.272 e. The lowest BCUT2D eigenvalue weighted by molar-refractivity contribution is 0.0792. The summed E-state index contributed by atoms with van der Waals surface area (Å²) in [4.78, 5) is 13.7. The summed E-state index contributed by atoms with van der Waals surface area (Å²) in [5.74, 6) is 0.424. The van der Waals surface area contributed by atoms with Gasteiger partial charge in [0.25, 0.3) is 5.91 Å². The first-order valence-electron chi connectivity index (χ1n) is 6.36. The largest absolute Gasteiger partial charge is 0.339 e. The number of nitrogens with zero attached hydrogens (tertiary/aromatic N) is 3. The van der Waals surface area contributed by atoms with Crippen molar-refractivity contribution in [1.29, 1.82) is 0 Å². The highest BCUT2D eigenvalue weighted by Gasteiger charge is 2.20. The highest BCUT2D eigenvalue weighted by Crippen LogP contribution is 2.14. The molecule has 0 aliphatic heterocycles. The summed E-state index contributed by atoms with van der Waals surface area (Å²) in [5.41, 5.74) is 2.60. The zero-order chi connectivity index (χ0) is 14.3. The minimum absolute atomic E-state index is 0.0205. The van der Waals surface area contributed by atoms with Gasteiger partial charge in [-0.15, -0.1) is 11.6 Å². The summed E-state index contributed by atoms with van der Waals surface area (Å²) in [7, 11) is 3.55. The van der Waals surface area contributed by atoms with Crippen LogP contribution in [0.3, 0.4) is 0 Å². The van der Waals surface area contributed by atoms with E-state index in [-0.39, 0.29) is 5.91 Å². The van der Waals surface area contributed by atoms with E-state index in [1.54, 1.807) is 23.7 Å². The van der Waals surface area contributed by atoms with Gasteiger partial charge in [0.2, 0.25) is 0 Å². The number of hydrogen-bond donors (Lipinski definition) is 0. The van der Waals surface area contributed by atoms with Gasteiger partial charge >= 0.3 is 0 Å². The van der Waals surface area contributed by atoms with Gasteiger partial charge in [-0.3, -0.25) is 9.48 Å². The maximum atomic E-state index is 12.1. The van der Waals surface area contributed by atoms with E-state index in [4.69, 9.17) is 11.6 Å². The predicted molar refractivity (Wildman–Crippen MR) is 76.4 cm³/mol. The number of carbonyl (C=O) groups is 1. The average molecular weight is 274 g/mol. The Labute approximate surface area is 115 Å². The molecule has 0 saturated heterocycles. The molecule has 1 aromatic heterocycles. The van der Waals surface area contributed by atoms with Gasteiger partial charge in [0.1, 0.15) is 5.69 Å². The third-order valence-electron chi connectivity index (χ3n) is 2.69. The smallest absolute Gasteiger partial charge is 0.272 e. The lowest BCUT2D eigenvalue weighted by Crippen LogP contribution is -2.30. The van der Waals surface area contributed by atoms with Crippen LogP contribution < -0.4 is 0 Å². The highest BCUT2D eigenvalue weighted by atomic mass is 35.5. The molecule has 0 atom stereocenters. The van der Waals surface area contributed by atoms with Crippen LogP contribution in [0.2, 0.25) is 0 Å². The van der Waals surface area contributed by atoms with E-state index in [9.17, 15) is 4.79 Å². The number of alkyl halides is 1. The number of hydrogen-bond acceptors (Lipinski definition) is 2. The predicted octanol–water partition coefficient (Wildman–Crippen LogP) is 2.63. The fraction of sp³-hybridized carbons (Fsp3) is 0.692. The van der Waals surface area contributed by atoms with Gasteiger partial charge in [0.15, 0.2) is 0 Å². The molecule has 104 valence electrons. The molecule has 0 aliphatic carbocycles. The van der Waals surface area contributed by atoms with Crippen LogP contribution >= 0.6 is 11.6 Å². The van der Waals surface area contributed by atoms with E-state index >= 15 is 0 Å². The second-order valence-electron chi connectivity index (χ2n) is 3.81. The summed E-state index contributed by atoms with van der Waals surface area (Å²) in [6, 6.07) is 0. The van der Waals surface area contributed by atoms with Gasteiger partial charge in [-0.2, -0.15) is 5.10 Å². The van der Waals surface area contributed by atoms with Gasteiger partial charge in [-0.05, 0) is 13.3 Å². The summed E-state index contributed by atoms with van der Waals surface area (Å²) in [6.07, 6.45) is 0.839. The standard InChI is InChI=1S/C11H18ClN3O.C2H6/c1-5-9-8(2)10(15(4)13-9)11(16)14(3)7-6-12;1-2/h5-7H2,1-4H3;1-2H3. The van der Waals surface area contributed by atoms with E-state index in [2.05, 4.69) is 5.10 Å². The monoisotopic (exact) mass is 273 g/mol. The molecule has 0 radical (unpaired) electrons. The molecule has 1 aromatic rings. The lowest BCUT2D eigenvalue weighted by Gasteiger charge is -2.15. The van der Waals surface area contributed by atoms with E-state index in [1.807, 2.05) is 27.7 Å². The molecule has 1 heterocycles. The van der Waals surface area contributed by atoms with Crippen LogP contribution in [0.1, 0.15) is 42.5 Å². The first-order chi connectivity index (χ1) is 8.52. The van der Waals surface area contributed by atoms with Crippen LogP contribution in [-0.2, 0) is 13.5 Å². The number of halogens is 1. The minimum atomic E-state index is -0.0205. The number of aryl methyl sites for hydroxylation is 2. The molecule has 18 heavy (non-hydrogen) atoms. The van der Waals surface area contributed by atoms with Crippen LogP contribution in [-0.4, -0.2) is 40.1 Å². The molecule has 0 unspecified atom stereocenters. The van der Waals surface area contributed by atoms with Crippen LogP contribution in [0.4, 0.5) is 0 Å². The van der Waals surface area contributed by atoms with Crippen LogP contribution in [0.5, 0.6) is 0 Å². The Balaban J connectivity index is 0.00000137. The van der Waals surface area contributed by atoms with Crippen LogP contribution in [0.15, 0.2) is 0 Å². The number of carbonyl (C=O) groups excluding carboxylic acids is 1. The molecule has 1 rings (SSSR count). The Bertz CT molecular complexity index is 388. The van der Waals surface area contributed by atoms with Gasteiger partial charge in [-0.25, -0.2) is 0 Å². The van der Waals surface area contributed by atoms with Crippen molar-refractivity contribution in [3.8, 4) is 0 Å². The molecule has 0 spiro atoms. The first kappa shape index (κ1) is 17.0. The van der Waals surface area contributed by atoms with E-state index in [1.165, 1.54) is 0 Å². The zero-order valence-corrected chi connectivity index (χ0v) is 13.0. The third kappa shape index (κ3) is 3.73. The molecule has 0 aliphatic rings. The Hall–Kier alpha value is -1.03. The Morgan fingerprint density at radius 2 is 2.00 bits per heavy atom. The molecule has 1 amide bonds. The van der Waals surface area contributed by atoms with Crippen molar-refractivity contribution < 1.29 is 4.79 Å². The first-order valence-corrected chi connectivity index (χ1v) is 6.90. The van der Waals surface area contributed by atoms with Crippen molar-refractivity contribution in [3.05, 3.63) is 17.0 Å².